The molecule has 1 unspecified atom stereocenters. The fraction of sp³-hybridized carbons (Fsp3) is 0.308. The number of benzene rings is 2. The Hall–Kier alpha value is -3.61. The van der Waals surface area contributed by atoms with Crippen LogP contribution in [0.2, 0.25) is 0 Å². The number of amides is 2. The van der Waals surface area contributed by atoms with Gasteiger partial charge in [0.1, 0.15) is 11.4 Å². The quantitative estimate of drug-likeness (QED) is 0.619. The third-order valence-electron chi connectivity index (χ3n) is 5.86. The van der Waals surface area contributed by atoms with Crippen molar-refractivity contribution < 1.29 is 14.0 Å². The first kappa shape index (κ1) is 22.6. The van der Waals surface area contributed by atoms with Gasteiger partial charge < -0.3 is 10.2 Å². The Bertz CT molecular complexity index is 1150. The van der Waals surface area contributed by atoms with E-state index in [4.69, 9.17) is 4.98 Å². The zero-order valence-electron chi connectivity index (χ0n) is 18.8. The Kier molecular flexibility index (Phi) is 6.49. The normalized spacial score (nSPS) is 16.0. The molecule has 1 N–H and O–H groups in total. The Balaban J connectivity index is 1.49. The second-order valence-electron chi connectivity index (χ2n) is 8.77. The summed E-state index contributed by atoms with van der Waals surface area (Å²) >= 11 is 0. The first-order valence-corrected chi connectivity index (χ1v) is 11.1. The number of nitrogens with one attached hydrogen (secondary N) is 1. The van der Waals surface area contributed by atoms with Gasteiger partial charge in [0.2, 0.25) is 11.8 Å². The lowest BCUT2D eigenvalue weighted by molar-refractivity contribution is -0.141. The second-order valence-corrected chi connectivity index (χ2v) is 8.77. The molecule has 0 bridgehead atoms. The molecule has 1 aliphatic heterocycles. The summed E-state index contributed by atoms with van der Waals surface area (Å²) in [5, 5.41) is 2.79. The van der Waals surface area contributed by atoms with E-state index in [-0.39, 0.29) is 18.4 Å². The topological polar surface area (TPSA) is 75.2 Å². The molecule has 0 aliphatic carbocycles. The second kappa shape index (κ2) is 9.48. The summed E-state index contributed by atoms with van der Waals surface area (Å²) in [5.74, 6) is -0.409. The number of hydrogen-bond donors (Lipinski definition) is 1. The maximum absolute atomic E-state index is 13.9. The van der Waals surface area contributed by atoms with Crippen molar-refractivity contribution in [3.63, 3.8) is 0 Å². The van der Waals surface area contributed by atoms with E-state index in [2.05, 4.69) is 10.3 Å². The minimum Gasteiger partial charge on any atom is -0.342 e. The molecule has 0 saturated carbocycles. The lowest BCUT2D eigenvalue weighted by atomic mass is 10.0. The van der Waals surface area contributed by atoms with Crippen LogP contribution in [0.15, 0.2) is 66.9 Å². The molecule has 6 nitrogen and oxygen atoms in total. The van der Waals surface area contributed by atoms with Gasteiger partial charge in [-0.3, -0.25) is 9.59 Å². The Morgan fingerprint density at radius 2 is 1.82 bits per heavy atom. The van der Waals surface area contributed by atoms with Crippen LogP contribution in [0.1, 0.15) is 44.0 Å². The number of aromatic nitrogens is 2. The smallest absolute Gasteiger partial charge is 0.248 e. The molecule has 1 fully saturated rings. The molecule has 7 heteroatoms. The van der Waals surface area contributed by atoms with Crippen molar-refractivity contribution in [1.29, 1.82) is 0 Å². The molecule has 2 heterocycles. The number of hydrogen-bond acceptors (Lipinski definition) is 4. The van der Waals surface area contributed by atoms with E-state index in [0.29, 0.717) is 17.9 Å². The zero-order valence-corrected chi connectivity index (χ0v) is 18.8. The first-order chi connectivity index (χ1) is 15.8. The van der Waals surface area contributed by atoms with Gasteiger partial charge in [-0.15, -0.1) is 0 Å². The largest absolute Gasteiger partial charge is 0.342 e. The van der Waals surface area contributed by atoms with Gasteiger partial charge in [0.25, 0.3) is 0 Å². The fourth-order valence-corrected chi connectivity index (χ4v) is 4.22. The van der Waals surface area contributed by atoms with Gasteiger partial charge in [0.15, 0.2) is 5.82 Å². The van der Waals surface area contributed by atoms with Crippen molar-refractivity contribution in [3.05, 3.63) is 83.9 Å². The highest BCUT2D eigenvalue weighted by atomic mass is 19.1. The van der Waals surface area contributed by atoms with Gasteiger partial charge >= 0.3 is 0 Å². The van der Waals surface area contributed by atoms with Crippen molar-refractivity contribution in [1.82, 2.24) is 20.2 Å². The third-order valence-corrected chi connectivity index (χ3v) is 5.86. The molecule has 170 valence electrons. The van der Waals surface area contributed by atoms with E-state index in [1.54, 1.807) is 43.1 Å². The van der Waals surface area contributed by atoms with E-state index in [0.717, 1.165) is 24.1 Å². The van der Waals surface area contributed by atoms with Crippen LogP contribution < -0.4 is 5.32 Å². The monoisotopic (exact) mass is 446 g/mol. The lowest BCUT2D eigenvalue weighted by Crippen LogP contribution is -2.56. The third kappa shape index (κ3) is 5.08. The molecule has 0 radical (unpaired) electrons. The molecule has 1 aromatic heterocycles. The predicted octanol–water partition coefficient (Wildman–Crippen LogP) is 4.08. The zero-order chi connectivity index (χ0) is 23.4. The van der Waals surface area contributed by atoms with Crippen molar-refractivity contribution in [3.8, 4) is 11.4 Å². The number of carbonyl (C=O) groups excluding carboxylic acids is 2. The summed E-state index contributed by atoms with van der Waals surface area (Å²) in [4.78, 5) is 36.9. The molecule has 2 amide bonds. The van der Waals surface area contributed by atoms with Crippen molar-refractivity contribution in [2.45, 2.75) is 44.7 Å². The number of likely N-dealkylation sites (tertiary alicyclic amines) is 1. The summed E-state index contributed by atoms with van der Waals surface area (Å²) in [6, 6.07) is 17.5. The summed E-state index contributed by atoms with van der Waals surface area (Å²) in [7, 11) is 0. The minimum absolute atomic E-state index is 0.126. The maximum atomic E-state index is 13.9. The standard InChI is InChI=1S/C26H27FN4O2/c1-26(2,30-23(32)17-19-11-6-7-12-20(19)27)25(33)31-16-8-13-22(31)21-14-15-28-24(29-21)18-9-4-3-5-10-18/h3-7,9-12,14-15,22H,8,13,16-17H2,1-2H3,(H,30,32). The molecular weight excluding hydrogens is 419 g/mol. The molecule has 2 aromatic carbocycles. The number of carbonyl (C=O) groups is 2. The van der Waals surface area contributed by atoms with Crippen LogP contribution in [0, 0.1) is 5.82 Å². The van der Waals surface area contributed by atoms with Crippen LogP contribution in [-0.4, -0.2) is 38.8 Å². The van der Waals surface area contributed by atoms with E-state index >= 15 is 0 Å². The van der Waals surface area contributed by atoms with Gasteiger partial charge in [-0.1, -0.05) is 48.5 Å². The number of halogens is 1. The SMILES string of the molecule is CC(C)(NC(=O)Cc1ccccc1F)C(=O)N1CCCC1c1ccnc(-c2ccccc2)n1. The van der Waals surface area contributed by atoms with E-state index in [1.807, 2.05) is 36.4 Å². The van der Waals surface area contributed by atoms with Gasteiger partial charge in [0.05, 0.1) is 18.2 Å². The summed E-state index contributed by atoms with van der Waals surface area (Å²) in [6.07, 6.45) is 3.22. The fourth-order valence-electron chi connectivity index (χ4n) is 4.22. The number of rotatable bonds is 6. The van der Waals surface area contributed by atoms with Crippen LogP contribution in [-0.2, 0) is 16.0 Å². The van der Waals surface area contributed by atoms with Crippen LogP contribution in [0.5, 0.6) is 0 Å². The van der Waals surface area contributed by atoms with E-state index in [9.17, 15) is 14.0 Å². The molecule has 3 aromatic rings. The average molecular weight is 447 g/mol. The molecule has 33 heavy (non-hydrogen) atoms. The summed E-state index contributed by atoms with van der Waals surface area (Å²) in [6.45, 7) is 3.94. The molecule has 1 aliphatic rings. The average Bonchev–Trinajstić information content (AvgIpc) is 3.30. The van der Waals surface area contributed by atoms with Crippen LogP contribution in [0.4, 0.5) is 4.39 Å². The molecule has 1 atom stereocenters. The van der Waals surface area contributed by atoms with E-state index < -0.39 is 17.3 Å². The highest BCUT2D eigenvalue weighted by Gasteiger charge is 2.39. The Morgan fingerprint density at radius 3 is 2.58 bits per heavy atom. The summed E-state index contributed by atoms with van der Waals surface area (Å²) < 4.78 is 13.9. The van der Waals surface area contributed by atoms with Gasteiger partial charge in [-0.05, 0) is 44.4 Å². The summed E-state index contributed by atoms with van der Waals surface area (Å²) in [5.41, 5.74) is 0.853. The lowest BCUT2D eigenvalue weighted by Gasteiger charge is -2.33. The first-order valence-electron chi connectivity index (χ1n) is 11.1. The highest BCUT2D eigenvalue weighted by molar-refractivity contribution is 5.91. The molecule has 4 rings (SSSR count). The minimum atomic E-state index is -1.14. The maximum Gasteiger partial charge on any atom is 0.248 e. The highest BCUT2D eigenvalue weighted by Crippen LogP contribution is 2.33. The van der Waals surface area contributed by atoms with Crippen molar-refractivity contribution in [2.75, 3.05) is 6.54 Å². The van der Waals surface area contributed by atoms with Crippen LogP contribution in [0.25, 0.3) is 11.4 Å². The van der Waals surface area contributed by atoms with Crippen LogP contribution in [0.3, 0.4) is 0 Å². The van der Waals surface area contributed by atoms with E-state index in [1.165, 1.54) is 6.07 Å². The van der Waals surface area contributed by atoms with Gasteiger partial charge in [0, 0.05) is 18.3 Å². The Labute approximate surface area is 192 Å². The van der Waals surface area contributed by atoms with Gasteiger partial charge in [-0.25, -0.2) is 14.4 Å². The molecular formula is C26H27FN4O2. The predicted molar refractivity (Wildman–Crippen MR) is 123 cm³/mol. The Morgan fingerprint density at radius 1 is 1.09 bits per heavy atom. The van der Waals surface area contributed by atoms with Gasteiger partial charge in [-0.2, -0.15) is 0 Å². The number of nitrogens with zero attached hydrogens (tertiary/aromatic N) is 3. The van der Waals surface area contributed by atoms with Crippen molar-refractivity contribution in [2.24, 2.45) is 0 Å². The van der Waals surface area contributed by atoms with Crippen LogP contribution >= 0.6 is 0 Å². The molecule has 1 saturated heterocycles. The van der Waals surface area contributed by atoms with Crippen molar-refractivity contribution >= 4 is 11.8 Å². The molecule has 0 spiro atoms.